The van der Waals surface area contributed by atoms with Gasteiger partial charge in [0.15, 0.2) is 5.75 Å². The number of ether oxygens (including phenoxy) is 1. The Morgan fingerprint density at radius 2 is 1.95 bits per heavy atom. The molecule has 0 spiro atoms. The lowest BCUT2D eigenvalue weighted by atomic mass is 10.3. The predicted molar refractivity (Wildman–Crippen MR) is 61.5 cm³/mol. The molecular formula is C8H4BrClF5NO3S. The molecule has 0 N–H and O–H groups in total. The first-order valence-electron chi connectivity index (χ1n) is 4.54. The minimum Gasteiger partial charge on any atom is -0.404 e. The summed E-state index contributed by atoms with van der Waals surface area (Å²) in [6, 6.07) is 0.265. The molecule has 0 aliphatic carbocycles. The van der Waals surface area contributed by atoms with Gasteiger partial charge in [0.1, 0.15) is 10.6 Å². The van der Waals surface area contributed by atoms with Crippen molar-refractivity contribution in [2.75, 3.05) is 0 Å². The van der Waals surface area contributed by atoms with Crippen LogP contribution in [0.15, 0.2) is 11.0 Å². The van der Waals surface area contributed by atoms with Crippen LogP contribution >= 0.6 is 26.6 Å². The van der Waals surface area contributed by atoms with E-state index in [1.54, 1.807) is 0 Å². The zero-order valence-corrected chi connectivity index (χ0v) is 12.2. The third-order valence-corrected chi connectivity index (χ3v) is 3.78. The van der Waals surface area contributed by atoms with Gasteiger partial charge in [-0.2, -0.15) is 0 Å². The van der Waals surface area contributed by atoms with E-state index in [1.165, 1.54) is 0 Å². The van der Waals surface area contributed by atoms with Crippen LogP contribution in [0.5, 0.6) is 5.75 Å². The molecule has 0 unspecified atom stereocenters. The standard InChI is InChI=1S/C8H4BrClF5NO3S/c9-2-3-5(20(10,17)18)1-4(19-8(13,14)15)6(16-3)7(11)12/h1,7H,2H2. The van der Waals surface area contributed by atoms with Gasteiger partial charge in [0.2, 0.25) is 0 Å². The van der Waals surface area contributed by atoms with Gasteiger partial charge in [-0.15, -0.1) is 13.2 Å². The highest BCUT2D eigenvalue weighted by atomic mass is 79.9. The summed E-state index contributed by atoms with van der Waals surface area (Å²) in [5.41, 5.74) is -1.79. The summed E-state index contributed by atoms with van der Waals surface area (Å²) in [5.74, 6) is -1.42. The average molecular weight is 405 g/mol. The zero-order chi connectivity index (χ0) is 15.7. The monoisotopic (exact) mass is 403 g/mol. The second-order valence-corrected chi connectivity index (χ2v) is 6.33. The van der Waals surface area contributed by atoms with E-state index in [0.29, 0.717) is 0 Å². The molecule has 0 amide bonds. The van der Waals surface area contributed by atoms with E-state index >= 15 is 0 Å². The maximum absolute atomic E-state index is 12.6. The predicted octanol–water partition coefficient (Wildman–Crippen LogP) is 3.74. The highest BCUT2D eigenvalue weighted by Gasteiger charge is 2.35. The molecule has 20 heavy (non-hydrogen) atoms. The largest absolute Gasteiger partial charge is 0.573 e. The van der Waals surface area contributed by atoms with Crippen molar-refractivity contribution in [1.82, 2.24) is 4.98 Å². The van der Waals surface area contributed by atoms with Gasteiger partial charge in [-0.1, -0.05) is 15.9 Å². The summed E-state index contributed by atoms with van der Waals surface area (Å²) in [5, 5.41) is -0.305. The molecule has 0 aromatic carbocycles. The number of nitrogens with zero attached hydrogens (tertiary/aromatic N) is 1. The molecule has 0 bridgehead atoms. The van der Waals surface area contributed by atoms with Gasteiger partial charge in [-0.25, -0.2) is 22.2 Å². The Morgan fingerprint density at radius 1 is 1.40 bits per heavy atom. The van der Waals surface area contributed by atoms with E-state index in [1.807, 2.05) is 0 Å². The molecule has 12 heteroatoms. The number of hydrogen-bond acceptors (Lipinski definition) is 4. The molecule has 0 aliphatic heterocycles. The summed E-state index contributed by atoms with van der Waals surface area (Å²) < 4.78 is 87.3. The van der Waals surface area contributed by atoms with Gasteiger partial charge in [0, 0.05) is 22.1 Å². The van der Waals surface area contributed by atoms with Crippen LogP contribution in [0.25, 0.3) is 0 Å². The molecule has 0 saturated heterocycles. The first-order chi connectivity index (χ1) is 8.95. The van der Waals surface area contributed by atoms with Crippen LogP contribution in [-0.4, -0.2) is 19.8 Å². The van der Waals surface area contributed by atoms with Crippen LogP contribution in [0.1, 0.15) is 17.8 Å². The highest BCUT2D eigenvalue weighted by Crippen LogP contribution is 2.35. The SMILES string of the molecule is O=S(=O)(Cl)c1cc(OC(F)(F)F)c(C(F)F)nc1CBr. The molecule has 1 aromatic heterocycles. The molecule has 0 radical (unpaired) electrons. The van der Waals surface area contributed by atoms with Crippen molar-refractivity contribution in [1.29, 1.82) is 0 Å². The van der Waals surface area contributed by atoms with Crippen LogP contribution in [0.3, 0.4) is 0 Å². The van der Waals surface area contributed by atoms with E-state index in [4.69, 9.17) is 10.7 Å². The molecule has 0 fully saturated rings. The van der Waals surface area contributed by atoms with E-state index < -0.39 is 43.9 Å². The van der Waals surface area contributed by atoms with Crippen molar-refractivity contribution in [3.63, 3.8) is 0 Å². The normalized spacial score (nSPS) is 12.8. The lowest BCUT2D eigenvalue weighted by Gasteiger charge is -2.14. The van der Waals surface area contributed by atoms with Crippen molar-refractivity contribution < 1.29 is 35.1 Å². The van der Waals surface area contributed by atoms with Crippen LogP contribution in [0, 0.1) is 0 Å². The number of halogens is 7. The van der Waals surface area contributed by atoms with Crippen LogP contribution in [0.4, 0.5) is 22.0 Å². The topological polar surface area (TPSA) is 56.3 Å². The van der Waals surface area contributed by atoms with Gasteiger partial charge in [-0.3, -0.25) is 0 Å². The van der Waals surface area contributed by atoms with Crippen molar-refractivity contribution >= 4 is 35.7 Å². The number of rotatable bonds is 4. The summed E-state index contributed by atoms with van der Waals surface area (Å²) in [6.45, 7) is 0. The first-order valence-corrected chi connectivity index (χ1v) is 7.97. The van der Waals surface area contributed by atoms with Gasteiger partial charge in [0.05, 0.1) is 5.69 Å². The number of hydrogen-bond donors (Lipinski definition) is 0. The second-order valence-electron chi connectivity index (χ2n) is 3.24. The fourth-order valence-electron chi connectivity index (χ4n) is 1.20. The highest BCUT2D eigenvalue weighted by molar-refractivity contribution is 9.08. The van der Waals surface area contributed by atoms with Crippen LogP contribution in [0.2, 0.25) is 0 Å². The van der Waals surface area contributed by atoms with Crippen molar-refractivity contribution in [2.45, 2.75) is 23.0 Å². The number of pyridine rings is 1. The zero-order valence-electron chi connectivity index (χ0n) is 9.09. The summed E-state index contributed by atoms with van der Waals surface area (Å²) >= 11 is 2.78. The van der Waals surface area contributed by atoms with Gasteiger partial charge in [-0.05, 0) is 0 Å². The lowest BCUT2D eigenvalue weighted by Crippen LogP contribution is -2.19. The third-order valence-electron chi connectivity index (χ3n) is 1.88. The van der Waals surface area contributed by atoms with Gasteiger partial charge < -0.3 is 4.74 Å². The Labute approximate surface area is 122 Å². The summed E-state index contributed by atoms with van der Waals surface area (Å²) in [6.07, 6.45) is -8.67. The molecule has 114 valence electrons. The Kier molecular flexibility index (Phi) is 5.19. The Hall–Kier alpha value is -0.680. The number of alkyl halides is 6. The van der Waals surface area contributed by atoms with E-state index in [-0.39, 0.29) is 11.4 Å². The molecular weight excluding hydrogens is 401 g/mol. The van der Waals surface area contributed by atoms with E-state index in [9.17, 15) is 30.4 Å². The Morgan fingerprint density at radius 3 is 2.30 bits per heavy atom. The number of aromatic nitrogens is 1. The minimum absolute atomic E-state index is 0.265. The van der Waals surface area contributed by atoms with Crippen LogP contribution in [-0.2, 0) is 14.4 Å². The smallest absolute Gasteiger partial charge is 0.404 e. The van der Waals surface area contributed by atoms with Crippen molar-refractivity contribution in [2.24, 2.45) is 0 Å². The maximum Gasteiger partial charge on any atom is 0.573 e. The molecule has 1 heterocycles. The minimum atomic E-state index is -5.28. The average Bonchev–Trinajstić information content (AvgIpc) is 2.24. The van der Waals surface area contributed by atoms with Gasteiger partial charge in [0.25, 0.3) is 15.5 Å². The summed E-state index contributed by atoms with van der Waals surface area (Å²) in [7, 11) is 0.526. The molecule has 1 rings (SSSR count). The third kappa shape index (κ3) is 4.42. The fourth-order valence-corrected chi connectivity index (χ4v) is 2.86. The second kappa shape index (κ2) is 5.98. The van der Waals surface area contributed by atoms with E-state index in [0.717, 1.165) is 0 Å². The van der Waals surface area contributed by atoms with Crippen molar-refractivity contribution in [3.05, 3.63) is 17.5 Å². The molecule has 0 aliphatic rings. The summed E-state index contributed by atoms with van der Waals surface area (Å²) in [4.78, 5) is 2.31. The molecule has 0 saturated carbocycles. The molecule has 4 nitrogen and oxygen atoms in total. The Bertz CT molecular complexity index is 607. The molecule has 1 aromatic rings. The van der Waals surface area contributed by atoms with Crippen LogP contribution < -0.4 is 4.74 Å². The quantitative estimate of drug-likeness (QED) is 0.436. The Balaban J connectivity index is 3.55. The lowest BCUT2D eigenvalue weighted by molar-refractivity contribution is -0.275. The van der Waals surface area contributed by atoms with E-state index in [2.05, 4.69) is 25.7 Å². The van der Waals surface area contributed by atoms with Gasteiger partial charge >= 0.3 is 6.36 Å². The maximum atomic E-state index is 12.6. The fraction of sp³-hybridized carbons (Fsp3) is 0.375. The first kappa shape index (κ1) is 17.4. The molecule has 0 atom stereocenters. The van der Waals surface area contributed by atoms with Crippen molar-refractivity contribution in [3.8, 4) is 5.75 Å².